The molecule has 0 fully saturated rings. The van der Waals surface area contributed by atoms with Crippen LogP contribution in [0.5, 0.6) is 0 Å². The highest BCUT2D eigenvalue weighted by molar-refractivity contribution is 7.93. The third kappa shape index (κ3) is 3.07. The number of carbonyl (C=O) groups excluding carboxylic acids is 1. The molecule has 2 aromatic rings. The number of thiazole rings is 1. The molecular formula is C12H10F2N2O4S2. The fourth-order valence-electron chi connectivity index (χ4n) is 1.63. The summed E-state index contributed by atoms with van der Waals surface area (Å²) >= 11 is 0.705. The first-order valence-electron chi connectivity index (χ1n) is 5.79. The lowest BCUT2D eigenvalue weighted by molar-refractivity contribution is 0.0605. The molecule has 1 heterocycles. The van der Waals surface area contributed by atoms with Gasteiger partial charge in [0.25, 0.3) is 10.0 Å². The highest BCUT2D eigenvalue weighted by Gasteiger charge is 2.26. The number of aromatic nitrogens is 1. The third-order valence-corrected chi connectivity index (χ3v) is 5.15. The number of anilines is 1. The Morgan fingerprint density at radius 1 is 1.32 bits per heavy atom. The Kier molecular flexibility index (Phi) is 4.42. The van der Waals surface area contributed by atoms with Crippen LogP contribution in [0.4, 0.5) is 13.9 Å². The van der Waals surface area contributed by atoms with Crippen LogP contribution in [0.2, 0.25) is 0 Å². The molecule has 0 bridgehead atoms. The SMILES string of the molecule is COC(=O)c1sc(NS(=O)(=O)c2c(F)cccc2F)nc1C. The molecule has 0 atom stereocenters. The number of ether oxygens (including phenoxy) is 1. The molecule has 22 heavy (non-hydrogen) atoms. The van der Waals surface area contributed by atoms with Crippen molar-refractivity contribution in [3.05, 3.63) is 40.4 Å². The number of nitrogens with zero attached hydrogens (tertiary/aromatic N) is 1. The van der Waals surface area contributed by atoms with Crippen molar-refractivity contribution in [3.63, 3.8) is 0 Å². The second-order valence-electron chi connectivity index (χ2n) is 4.08. The number of rotatable bonds is 4. The predicted molar refractivity (Wildman–Crippen MR) is 75.4 cm³/mol. The number of hydrogen-bond donors (Lipinski definition) is 1. The first-order chi connectivity index (χ1) is 10.3. The van der Waals surface area contributed by atoms with E-state index >= 15 is 0 Å². The molecule has 0 aliphatic rings. The summed E-state index contributed by atoms with van der Waals surface area (Å²) in [6.45, 7) is 1.48. The molecule has 0 aliphatic heterocycles. The number of halogens is 2. The molecule has 0 spiro atoms. The standard InChI is InChI=1S/C12H10F2N2O4S2/c1-6-9(11(17)20-2)21-12(15-6)16-22(18,19)10-7(13)4-3-5-8(10)14/h3-5H,1-2H3,(H,15,16). The van der Waals surface area contributed by atoms with Crippen molar-refractivity contribution in [3.8, 4) is 0 Å². The van der Waals surface area contributed by atoms with Crippen LogP contribution in [0.1, 0.15) is 15.4 Å². The van der Waals surface area contributed by atoms with E-state index in [-0.39, 0.29) is 15.7 Å². The van der Waals surface area contributed by atoms with E-state index in [4.69, 9.17) is 0 Å². The van der Waals surface area contributed by atoms with Gasteiger partial charge >= 0.3 is 5.97 Å². The third-order valence-electron chi connectivity index (χ3n) is 2.58. The van der Waals surface area contributed by atoms with Crippen molar-refractivity contribution < 1.29 is 26.7 Å². The molecule has 10 heteroatoms. The van der Waals surface area contributed by atoms with Crippen LogP contribution in [0, 0.1) is 18.6 Å². The molecule has 0 aliphatic carbocycles. The fraction of sp³-hybridized carbons (Fsp3) is 0.167. The van der Waals surface area contributed by atoms with Crippen molar-refractivity contribution in [2.24, 2.45) is 0 Å². The molecular weight excluding hydrogens is 338 g/mol. The molecule has 0 radical (unpaired) electrons. The number of methoxy groups -OCH3 is 1. The molecule has 6 nitrogen and oxygen atoms in total. The van der Waals surface area contributed by atoms with Gasteiger partial charge in [-0.25, -0.2) is 27.0 Å². The number of aryl methyl sites for hydroxylation is 1. The summed E-state index contributed by atoms with van der Waals surface area (Å²) in [5, 5.41) is -0.194. The summed E-state index contributed by atoms with van der Waals surface area (Å²) in [6, 6.07) is 2.70. The number of hydrogen-bond acceptors (Lipinski definition) is 6. The van der Waals surface area contributed by atoms with Crippen molar-refractivity contribution in [2.75, 3.05) is 11.8 Å². The average molecular weight is 348 g/mol. The number of sulfonamides is 1. The molecule has 1 aromatic heterocycles. The molecule has 0 saturated heterocycles. The van der Waals surface area contributed by atoms with Crippen molar-refractivity contribution >= 4 is 32.5 Å². The van der Waals surface area contributed by atoms with Gasteiger partial charge in [0.2, 0.25) is 0 Å². The first-order valence-corrected chi connectivity index (χ1v) is 8.09. The largest absolute Gasteiger partial charge is 0.465 e. The van der Waals surface area contributed by atoms with Gasteiger partial charge in [-0.3, -0.25) is 4.72 Å². The van der Waals surface area contributed by atoms with Crippen molar-refractivity contribution in [1.29, 1.82) is 0 Å². The number of nitrogens with one attached hydrogen (secondary N) is 1. The Morgan fingerprint density at radius 3 is 2.45 bits per heavy atom. The summed E-state index contributed by atoms with van der Waals surface area (Å²) in [4.78, 5) is 14.3. The van der Waals surface area contributed by atoms with Crippen LogP contribution in [-0.4, -0.2) is 26.5 Å². The zero-order chi connectivity index (χ0) is 16.5. The maximum Gasteiger partial charge on any atom is 0.350 e. The van der Waals surface area contributed by atoms with Gasteiger partial charge in [0.15, 0.2) is 10.0 Å². The molecule has 1 aromatic carbocycles. The Labute approximate surface area is 128 Å². The van der Waals surface area contributed by atoms with E-state index in [1.54, 1.807) is 0 Å². The van der Waals surface area contributed by atoms with Gasteiger partial charge in [0.1, 0.15) is 16.5 Å². The van der Waals surface area contributed by atoms with Crippen molar-refractivity contribution in [1.82, 2.24) is 4.98 Å². The summed E-state index contributed by atoms with van der Waals surface area (Å²) in [5.41, 5.74) is 0.239. The highest BCUT2D eigenvalue weighted by Crippen LogP contribution is 2.27. The van der Waals surface area contributed by atoms with Gasteiger partial charge in [-0.1, -0.05) is 17.4 Å². The lowest BCUT2D eigenvalue weighted by atomic mass is 10.3. The monoisotopic (exact) mass is 348 g/mol. The van der Waals surface area contributed by atoms with E-state index in [1.807, 2.05) is 4.72 Å². The number of benzene rings is 1. The summed E-state index contributed by atoms with van der Waals surface area (Å²) < 4.78 is 57.7. The van der Waals surface area contributed by atoms with E-state index in [0.29, 0.717) is 11.3 Å². The minimum atomic E-state index is -4.51. The molecule has 118 valence electrons. The van der Waals surface area contributed by atoms with E-state index < -0.39 is 32.5 Å². The average Bonchev–Trinajstić information content (AvgIpc) is 2.77. The van der Waals surface area contributed by atoms with Gasteiger partial charge in [-0.15, -0.1) is 0 Å². The number of carbonyl (C=O) groups is 1. The van der Waals surface area contributed by atoms with Gasteiger partial charge < -0.3 is 4.74 Å². The van der Waals surface area contributed by atoms with Crippen LogP contribution in [-0.2, 0) is 14.8 Å². The lowest BCUT2D eigenvalue weighted by Gasteiger charge is -2.06. The quantitative estimate of drug-likeness (QED) is 0.857. The Morgan fingerprint density at radius 2 is 1.91 bits per heavy atom. The van der Waals surface area contributed by atoms with Gasteiger partial charge in [0.05, 0.1) is 12.8 Å². The molecule has 0 amide bonds. The zero-order valence-electron chi connectivity index (χ0n) is 11.4. The van der Waals surface area contributed by atoms with Gasteiger partial charge in [-0.2, -0.15) is 0 Å². The Bertz CT molecular complexity index is 813. The van der Waals surface area contributed by atoms with E-state index in [0.717, 1.165) is 18.2 Å². The van der Waals surface area contributed by atoms with E-state index in [9.17, 15) is 22.0 Å². The molecule has 2 rings (SSSR count). The van der Waals surface area contributed by atoms with Crippen LogP contribution in [0.25, 0.3) is 0 Å². The fourth-order valence-corrected chi connectivity index (χ4v) is 3.89. The molecule has 1 N–H and O–H groups in total. The lowest BCUT2D eigenvalue weighted by Crippen LogP contribution is -2.16. The number of esters is 1. The second kappa shape index (κ2) is 5.97. The second-order valence-corrected chi connectivity index (χ2v) is 6.70. The van der Waals surface area contributed by atoms with Gasteiger partial charge in [-0.05, 0) is 19.1 Å². The maximum absolute atomic E-state index is 13.6. The van der Waals surface area contributed by atoms with Crippen LogP contribution < -0.4 is 4.72 Å². The zero-order valence-corrected chi connectivity index (χ0v) is 13.0. The minimum Gasteiger partial charge on any atom is -0.465 e. The topological polar surface area (TPSA) is 85.4 Å². The molecule has 0 saturated carbocycles. The smallest absolute Gasteiger partial charge is 0.350 e. The summed E-state index contributed by atoms with van der Waals surface area (Å²) in [7, 11) is -3.35. The van der Waals surface area contributed by atoms with Crippen LogP contribution in [0.15, 0.2) is 23.1 Å². The van der Waals surface area contributed by atoms with Crippen LogP contribution >= 0.6 is 11.3 Å². The summed E-state index contributed by atoms with van der Waals surface area (Å²) in [6.07, 6.45) is 0. The Hall–Kier alpha value is -2.07. The van der Waals surface area contributed by atoms with E-state index in [1.165, 1.54) is 14.0 Å². The normalized spacial score (nSPS) is 11.3. The maximum atomic E-state index is 13.6. The van der Waals surface area contributed by atoms with Gasteiger partial charge in [0, 0.05) is 0 Å². The minimum absolute atomic E-state index is 0.0919. The Balaban J connectivity index is 2.40. The van der Waals surface area contributed by atoms with Crippen molar-refractivity contribution in [2.45, 2.75) is 11.8 Å². The predicted octanol–water partition coefficient (Wildman–Crippen LogP) is 2.32. The van der Waals surface area contributed by atoms with E-state index in [2.05, 4.69) is 9.72 Å². The first kappa shape index (κ1) is 16.3. The highest BCUT2D eigenvalue weighted by atomic mass is 32.2. The molecule has 0 unspecified atom stereocenters. The summed E-state index contributed by atoms with van der Waals surface area (Å²) in [5.74, 6) is -3.14. The van der Waals surface area contributed by atoms with Crippen LogP contribution in [0.3, 0.4) is 0 Å².